The van der Waals surface area contributed by atoms with E-state index in [0.717, 1.165) is 30.1 Å². The van der Waals surface area contributed by atoms with E-state index in [9.17, 15) is 0 Å². The van der Waals surface area contributed by atoms with E-state index in [-0.39, 0.29) is 0 Å². The van der Waals surface area contributed by atoms with Crippen LogP contribution in [0.15, 0.2) is 53.1 Å². The molecule has 3 aromatic rings. The summed E-state index contributed by atoms with van der Waals surface area (Å²) in [4.78, 5) is 0. The van der Waals surface area contributed by atoms with Crippen LogP contribution < -0.4 is 9.47 Å². The molecule has 25 heavy (non-hydrogen) atoms. The third kappa shape index (κ3) is 4.05. The largest absolute Gasteiger partial charge is 0.493 e. The molecule has 0 unspecified atom stereocenters. The standard InChI is InChI=1S/C22H24O3/c1-15-9-16(2)11-18(10-15)14-21-19(7-8-25-21)12-17-5-6-20(23-3)22(13-17)24-4/h5-11,13H,12,14H2,1-4H3. The van der Waals surface area contributed by atoms with Gasteiger partial charge in [0.05, 0.1) is 20.5 Å². The Morgan fingerprint density at radius 3 is 2.16 bits per heavy atom. The average molecular weight is 336 g/mol. The lowest BCUT2D eigenvalue weighted by Crippen LogP contribution is -1.96. The fraction of sp³-hybridized carbons (Fsp3) is 0.273. The summed E-state index contributed by atoms with van der Waals surface area (Å²) in [6.07, 6.45) is 3.38. The van der Waals surface area contributed by atoms with Gasteiger partial charge in [0.2, 0.25) is 0 Å². The first kappa shape index (κ1) is 17.2. The summed E-state index contributed by atoms with van der Waals surface area (Å²) in [5.74, 6) is 2.51. The van der Waals surface area contributed by atoms with Gasteiger partial charge in [0.1, 0.15) is 5.76 Å². The highest BCUT2D eigenvalue weighted by atomic mass is 16.5. The normalized spacial score (nSPS) is 10.7. The Bertz CT molecular complexity index is 841. The molecular weight excluding hydrogens is 312 g/mol. The summed E-state index contributed by atoms with van der Waals surface area (Å²) in [7, 11) is 3.31. The SMILES string of the molecule is COc1ccc(Cc2ccoc2Cc2cc(C)cc(C)c2)cc1OC. The molecule has 0 radical (unpaired) electrons. The van der Waals surface area contributed by atoms with E-state index in [1.165, 1.54) is 27.8 Å². The Morgan fingerprint density at radius 2 is 1.48 bits per heavy atom. The van der Waals surface area contributed by atoms with Crippen molar-refractivity contribution in [3.8, 4) is 11.5 Å². The summed E-state index contributed by atoms with van der Waals surface area (Å²) >= 11 is 0. The van der Waals surface area contributed by atoms with Crippen molar-refractivity contribution >= 4 is 0 Å². The first-order chi connectivity index (χ1) is 12.1. The summed E-state index contributed by atoms with van der Waals surface area (Å²) in [6, 6.07) is 14.7. The van der Waals surface area contributed by atoms with Crippen LogP contribution in [0.25, 0.3) is 0 Å². The van der Waals surface area contributed by atoms with Gasteiger partial charge in [-0.2, -0.15) is 0 Å². The zero-order chi connectivity index (χ0) is 17.8. The van der Waals surface area contributed by atoms with Gasteiger partial charge in [0, 0.05) is 12.8 Å². The maximum absolute atomic E-state index is 5.77. The van der Waals surface area contributed by atoms with Crippen LogP contribution in [0, 0.1) is 13.8 Å². The monoisotopic (exact) mass is 336 g/mol. The fourth-order valence-electron chi connectivity index (χ4n) is 3.25. The van der Waals surface area contributed by atoms with E-state index in [1.807, 2.05) is 12.1 Å². The number of methoxy groups -OCH3 is 2. The van der Waals surface area contributed by atoms with E-state index in [2.05, 4.69) is 44.2 Å². The molecule has 0 spiro atoms. The van der Waals surface area contributed by atoms with Crippen molar-refractivity contribution in [1.29, 1.82) is 0 Å². The third-order valence-electron chi connectivity index (χ3n) is 4.33. The number of ether oxygens (including phenoxy) is 2. The molecular formula is C22H24O3. The van der Waals surface area contributed by atoms with Crippen molar-refractivity contribution in [2.45, 2.75) is 26.7 Å². The number of hydrogen-bond donors (Lipinski definition) is 0. The molecule has 130 valence electrons. The Labute approximate surface area is 149 Å². The minimum absolute atomic E-state index is 0.744. The predicted octanol–water partition coefficient (Wildman–Crippen LogP) is 5.10. The van der Waals surface area contributed by atoms with Gasteiger partial charge < -0.3 is 13.9 Å². The van der Waals surface area contributed by atoms with Crippen LogP contribution in [0.2, 0.25) is 0 Å². The van der Waals surface area contributed by atoms with Crippen LogP contribution in [0.5, 0.6) is 11.5 Å². The van der Waals surface area contributed by atoms with Gasteiger partial charge in [-0.25, -0.2) is 0 Å². The third-order valence-corrected chi connectivity index (χ3v) is 4.33. The van der Waals surface area contributed by atoms with Gasteiger partial charge >= 0.3 is 0 Å². The summed E-state index contributed by atoms with van der Waals surface area (Å²) < 4.78 is 16.5. The maximum Gasteiger partial charge on any atom is 0.160 e. The summed E-state index contributed by atoms with van der Waals surface area (Å²) in [5, 5.41) is 0. The number of rotatable bonds is 6. The smallest absolute Gasteiger partial charge is 0.160 e. The molecule has 2 aromatic carbocycles. The van der Waals surface area contributed by atoms with Gasteiger partial charge in [-0.1, -0.05) is 35.4 Å². The van der Waals surface area contributed by atoms with Crippen molar-refractivity contribution < 1.29 is 13.9 Å². The second kappa shape index (κ2) is 7.47. The highest BCUT2D eigenvalue weighted by Crippen LogP contribution is 2.29. The van der Waals surface area contributed by atoms with Gasteiger partial charge in [0.25, 0.3) is 0 Å². The highest BCUT2D eigenvalue weighted by Gasteiger charge is 2.11. The Balaban J connectivity index is 1.82. The second-order valence-electron chi connectivity index (χ2n) is 6.41. The lowest BCUT2D eigenvalue weighted by atomic mass is 9.99. The van der Waals surface area contributed by atoms with E-state index < -0.39 is 0 Å². The zero-order valence-corrected chi connectivity index (χ0v) is 15.3. The first-order valence-electron chi connectivity index (χ1n) is 8.42. The number of hydrogen-bond acceptors (Lipinski definition) is 3. The number of furan rings is 1. The molecule has 0 aliphatic carbocycles. The van der Waals surface area contributed by atoms with Gasteiger partial charge in [0.15, 0.2) is 11.5 Å². The molecule has 0 bridgehead atoms. The minimum Gasteiger partial charge on any atom is -0.493 e. The molecule has 3 rings (SSSR count). The van der Waals surface area contributed by atoms with Gasteiger partial charge in [-0.3, -0.25) is 0 Å². The first-order valence-corrected chi connectivity index (χ1v) is 8.42. The topological polar surface area (TPSA) is 31.6 Å². The maximum atomic E-state index is 5.77. The molecule has 0 fully saturated rings. The second-order valence-corrected chi connectivity index (χ2v) is 6.41. The average Bonchev–Trinajstić information content (AvgIpc) is 3.00. The van der Waals surface area contributed by atoms with E-state index in [0.29, 0.717) is 0 Å². The minimum atomic E-state index is 0.744. The Morgan fingerprint density at radius 1 is 0.760 bits per heavy atom. The molecule has 3 nitrogen and oxygen atoms in total. The lowest BCUT2D eigenvalue weighted by molar-refractivity contribution is 0.354. The predicted molar refractivity (Wildman–Crippen MR) is 99.8 cm³/mol. The van der Waals surface area contributed by atoms with Crippen molar-refractivity contribution in [1.82, 2.24) is 0 Å². The van der Waals surface area contributed by atoms with Crippen LogP contribution in [-0.4, -0.2) is 14.2 Å². The molecule has 0 aliphatic rings. The van der Waals surface area contributed by atoms with E-state index in [1.54, 1.807) is 20.5 Å². The van der Waals surface area contributed by atoms with Crippen LogP contribution in [0.4, 0.5) is 0 Å². The molecule has 1 aromatic heterocycles. The quantitative estimate of drug-likeness (QED) is 0.628. The molecule has 0 saturated heterocycles. The van der Waals surface area contributed by atoms with Crippen molar-refractivity contribution in [3.63, 3.8) is 0 Å². The molecule has 0 aliphatic heterocycles. The Hall–Kier alpha value is -2.68. The van der Waals surface area contributed by atoms with Gasteiger partial charge in [-0.15, -0.1) is 0 Å². The summed E-state index contributed by atoms with van der Waals surface area (Å²) in [5.41, 5.74) is 6.21. The van der Waals surface area contributed by atoms with Crippen LogP contribution in [0.1, 0.15) is 33.6 Å². The molecule has 0 N–H and O–H groups in total. The number of benzene rings is 2. The zero-order valence-electron chi connectivity index (χ0n) is 15.3. The van der Waals surface area contributed by atoms with Crippen LogP contribution in [0.3, 0.4) is 0 Å². The summed E-state index contributed by atoms with van der Waals surface area (Å²) in [6.45, 7) is 4.26. The van der Waals surface area contributed by atoms with Crippen LogP contribution >= 0.6 is 0 Å². The number of aryl methyl sites for hydroxylation is 2. The highest BCUT2D eigenvalue weighted by molar-refractivity contribution is 5.44. The lowest BCUT2D eigenvalue weighted by Gasteiger charge is -2.10. The van der Waals surface area contributed by atoms with Gasteiger partial charge in [-0.05, 0) is 48.7 Å². The molecule has 3 heteroatoms. The molecule has 0 atom stereocenters. The van der Waals surface area contributed by atoms with E-state index in [4.69, 9.17) is 13.9 Å². The van der Waals surface area contributed by atoms with Crippen molar-refractivity contribution in [2.75, 3.05) is 14.2 Å². The molecule has 0 amide bonds. The Kier molecular flexibility index (Phi) is 5.13. The van der Waals surface area contributed by atoms with E-state index >= 15 is 0 Å². The van der Waals surface area contributed by atoms with Crippen LogP contribution in [-0.2, 0) is 12.8 Å². The molecule has 0 saturated carbocycles. The molecule has 1 heterocycles. The van der Waals surface area contributed by atoms with Crippen molar-refractivity contribution in [2.24, 2.45) is 0 Å². The van der Waals surface area contributed by atoms with Crippen molar-refractivity contribution in [3.05, 3.63) is 82.3 Å². The fourth-order valence-corrected chi connectivity index (χ4v) is 3.25.